The molecule has 0 aliphatic carbocycles. The predicted octanol–water partition coefficient (Wildman–Crippen LogP) is -0.140. The van der Waals surface area contributed by atoms with E-state index in [0.29, 0.717) is 6.54 Å². The molecule has 0 fully saturated rings. The van der Waals surface area contributed by atoms with Gasteiger partial charge in [0.15, 0.2) is 0 Å². The van der Waals surface area contributed by atoms with E-state index in [9.17, 15) is 4.79 Å². The van der Waals surface area contributed by atoms with Crippen LogP contribution in [0, 0.1) is 0 Å². The summed E-state index contributed by atoms with van der Waals surface area (Å²) in [5.74, 6) is -0.0200. The number of carbonyl (C=O) groups excluding carboxylic acids is 1. The van der Waals surface area contributed by atoms with Crippen molar-refractivity contribution in [1.29, 1.82) is 0 Å². The number of carbonyl (C=O) groups is 1. The van der Waals surface area contributed by atoms with E-state index in [-0.39, 0.29) is 11.9 Å². The van der Waals surface area contributed by atoms with Gasteiger partial charge < -0.3 is 32.3 Å². The van der Waals surface area contributed by atoms with Crippen molar-refractivity contribution in [3.8, 4) is 0 Å². The van der Waals surface area contributed by atoms with Crippen LogP contribution in [0.1, 0.15) is 44.9 Å². The van der Waals surface area contributed by atoms with Crippen LogP contribution in [0.2, 0.25) is 0 Å². The first kappa shape index (κ1) is 24.3. The van der Waals surface area contributed by atoms with Crippen molar-refractivity contribution in [3.63, 3.8) is 0 Å². The van der Waals surface area contributed by atoms with Crippen molar-refractivity contribution in [1.82, 2.24) is 20.9 Å². The molecule has 0 aliphatic rings. The fraction of sp³-hybridized carbons (Fsp3) is 0.944. The van der Waals surface area contributed by atoms with Crippen LogP contribution in [0.25, 0.3) is 0 Å². The van der Waals surface area contributed by atoms with Crippen molar-refractivity contribution in [2.75, 3.05) is 59.9 Å². The molecule has 0 spiro atoms. The normalized spacial score (nSPS) is 12.5. The highest BCUT2D eigenvalue weighted by atomic mass is 16.2. The Balaban J connectivity index is 3.31. The summed E-state index contributed by atoms with van der Waals surface area (Å²) in [6.45, 7) is 6.52. The molecule has 0 saturated carbocycles. The molecule has 7 nitrogen and oxygen atoms in total. The van der Waals surface area contributed by atoms with Crippen LogP contribution < -0.4 is 27.4 Å². The van der Waals surface area contributed by atoms with Crippen LogP contribution >= 0.6 is 0 Å². The number of rotatable bonds is 18. The lowest BCUT2D eigenvalue weighted by Gasteiger charge is -2.13. The van der Waals surface area contributed by atoms with Crippen molar-refractivity contribution in [2.45, 2.75) is 51.0 Å². The van der Waals surface area contributed by atoms with Gasteiger partial charge in [-0.2, -0.15) is 0 Å². The third-order valence-corrected chi connectivity index (χ3v) is 4.05. The van der Waals surface area contributed by atoms with E-state index in [4.69, 9.17) is 11.5 Å². The lowest BCUT2D eigenvalue weighted by atomic mass is 10.1. The van der Waals surface area contributed by atoms with E-state index < -0.39 is 0 Å². The molecule has 0 rings (SSSR count). The second-order valence-electron chi connectivity index (χ2n) is 6.90. The molecular weight excluding hydrogens is 316 g/mol. The van der Waals surface area contributed by atoms with Crippen LogP contribution in [0.3, 0.4) is 0 Å². The second kappa shape index (κ2) is 18.1. The molecule has 0 radical (unpaired) electrons. The van der Waals surface area contributed by atoms with E-state index in [1.807, 2.05) is 0 Å². The third kappa shape index (κ3) is 17.9. The Hall–Kier alpha value is -0.730. The monoisotopic (exact) mass is 358 g/mol. The molecule has 0 aromatic rings. The molecular formula is C18H42N6O. The average Bonchev–Trinajstić information content (AvgIpc) is 2.59. The lowest BCUT2D eigenvalue weighted by molar-refractivity contribution is -0.122. The van der Waals surface area contributed by atoms with Gasteiger partial charge in [0.05, 0.1) is 6.04 Å². The summed E-state index contributed by atoms with van der Waals surface area (Å²) in [5.41, 5.74) is 11.4. The van der Waals surface area contributed by atoms with Gasteiger partial charge in [-0.05, 0) is 91.9 Å². The predicted molar refractivity (Wildman–Crippen MR) is 107 cm³/mol. The Bertz CT molecular complexity index is 301. The fourth-order valence-electron chi connectivity index (χ4n) is 2.46. The average molecular weight is 359 g/mol. The minimum absolute atomic E-state index is 0.0200. The van der Waals surface area contributed by atoms with E-state index >= 15 is 0 Å². The highest BCUT2D eigenvalue weighted by Gasteiger charge is 2.11. The number of nitrogens with two attached hydrogens (primary N) is 2. The minimum Gasteiger partial charge on any atom is -0.355 e. The molecule has 150 valence electrons. The fourth-order valence-corrected chi connectivity index (χ4v) is 2.46. The number of unbranched alkanes of at least 4 members (excludes halogenated alkanes) is 2. The molecule has 1 amide bonds. The molecule has 0 heterocycles. The molecule has 0 unspecified atom stereocenters. The third-order valence-electron chi connectivity index (χ3n) is 4.05. The Labute approximate surface area is 154 Å². The van der Waals surface area contributed by atoms with Crippen LogP contribution in [0.5, 0.6) is 0 Å². The van der Waals surface area contributed by atoms with Gasteiger partial charge in [-0.1, -0.05) is 6.42 Å². The standard InChI is InChI=1S/C18H42N6O/c1-24(2)16-6-3-9-17(20)18(25)23-15-8-14-22-12-5-4-11-21-13-7-10-19/h17,21-22H,3-16,19-20H2,1-2H3,(H,23,25)/t17-/m0/s1. The van der Waals surface area contributed by atoms with Crippen LogP contribution in [-0.4, -0.2) is 76.8 Å². The Morgan fingerprint density at radius 1 is 0.880 bits per heavy atom. The molecule has 7 heteroatoms. The summed E-state index contributed by atoms with van der Waals surface area (Å²) < 4.78 is 0. The summed E-state index contributed by atoms with van der Waals surface area (Å²) in [6, 6.07) is -0.373. The van der Waals surface area contributed by atoms with Gasteiger partial charge in [0.25, 0.3) is 0 Å². The highest BCUT2D eigenvalue weighted by Crippen LogP contribution is 2.00. The molecule has 0 aromatic heterocycles. The number of hydrogen-bond donors (Lipinski definition) is 5. The number of amides is 1. The maximum absolute atomic E-state index is 11.9. The van der Waals surface area contributed by atoms with Crippen molar-refractivity contribution >= 4 is 5.91 Å². The quantitative estimate of drug-likeness (QED) is 0.218. The zero-order valence-corrected chi connectivity index (χ0v) is 16.5. The smallest absolute Gasteiger partial charge is 0.236 e. The Morgan fingerprint density at radius 3 is 2.08 bits per heavy atom. The van der Waals surface area contributed by atoms with Crippen LogP contribution in [0.15, 0.2) is 0 Å². The first-order valence-corrected chi connectivity index (χ1v) is 9.87. The van der Waals surface area contributed by atoms with Crippen molar-refractivity contribution < 1.29 is 4.79 Å². The van der Waals surface area contributed by atoms with Gasteiger partial charge in [-0.25, -0.2) is 0 Å². The summed E-state index contributed by atoms with van der Waals surface area (Å²) in [6.07, 6.45) is 7.17. The molecule has 0 aromatic carbocycles. The van der Waals surface area contributed by atoms with E-state index in [1.54, 1.807) is 0 Å². The van der Waals surface area contributed by atoms with E-state index in [2.05, 4.69) is 34.9 Å². The summed E-state index contributed by atoms with van der Waals surface area (Å²) in [5, 5.41) is 9.71. The highest BCUT2D eigenvalue weighted by molar-refractivity contribution is 5.81. The minimum atomic E-state index is -0.373. The van der Waals surface area contributed by atoms with Gasteiger partial charge >= 0.3 is 0 Å². The SMILES string of the molecule is CN(C)CCCC[C@H](N)C(=O)NCCCNCCCCNCCCN. The first-order chi connectivity index (χ1) is 12.1. The van der Waals surface area contributed by atoms with Crippen LogP contribution in [-0.2, 0) is 4.79 Å². The zero-order chi connectivity index (χ0) is 18.8. The topological polar surface area (TPSA) is 108 Å². The van der Waals surface area contributed by atoms with Crippen molar-refractivity contribution in [2.24, 2.45) is 11.5 Å². The van der Waals surface area contributed by atoms with Crippen molar-refractivity contribution in [3.05, 3.63) is 0 Å². The largest absolute Gasteiger partial charge is 0.355 e. The van der Waals surface area contributed by atoms with Gasteiger partial charge in [-0.3, -0.25) is 4.79 Å². The first-order valence-electron chi connectivity index (χ1n) is 9.87. The van der Waals surface area contributed by atoms with Crippen LogP contribution in [0.4, 0.5) is 0 Å². The van der Waals surface area contributed by atoms with Gasteiger partial charge in [0, 0.05) is 6.54 Å². The molecule has 1 atom stereocenters. The lowest BCUT2D eigenvalue weighted by Crippen LogP contribution is -2.41. The summed E-state index contributed by atoms with van der Waals surface area (Å²) in [7, 11) is 4.11. The Morgan fingerprint density at radius 2 is 1.48 bits per heavy atom. The molecule has 0 bridgehead atoms. The number of nitrogens with one attached hydrogen (secondary N) is 3. The summed E-state index contributed by atoms with van der Waals surface area (Å²) >= 11 is 0. The zero-order valence-electron chi connectivity index (χ0n) is 16.5. The van der Waals surface area contributed by atoms with Gasteiger partial charge in [0.2, 0.25) is 5.91 Å². The van der Waals surface area contributed by atoms with Gasteiger partial charge in [0.1, 0.15) is 0 Å². The maximum Gasteiger partial charge on any atom is 0.236 e. The molecule has 0 aliphatic heterocycles. The molecule has 0 saturated heterocycles. The van der Waals surface area contributed by atoms with E-state index in [0.717, 1.165) is 71.4 Å². The number of hydrogen-bond acceptors (Lipinski definition) is 6. The molecule has 25 heavy (non-hydrogen) atoms. The molecule has 7 N–H and O–H groups in total. The van der Waals surface area contributed by atoms with Gasteiger partial charge in [-0.15, -0.1) is 0 Å². The maximum atomic E-state index is 11.9. The Kier molecular flexibility index (Phi) is 17.5. The second-order valence-corrected chi connectivity index (χ2v) is 6.90. The number of nitrogens with zero attached hydrogens (tertiary/aromatic N) is 1. The van der Waals surface area contributed by atoms with E-state index in [1.165, 1.54) is 12.8 Å². The summed E-state index contributed by atoms with van der Waals surface area (Å²) in [4.78, 5) is 14.0.